The zero-order valence-corrected chi connectivity index (χ0v) is 15.2. The predicted octanol–water partition coefficient (Wildman–Crippen LogP) is 2.37. The van der Waals surface area contributed by atoms with Crippen LogP contribution in [0, 0.1) is 5.92 Å². The van der Waals surface area contributed by atoms with Crippen molar-refractivity contribution in [2.75, 3.05) is 39.3 Å². The van der Waals surface area contributed by atoms with E-state index in [1.54, 1.807) is 12.4 Å². The first-order valence-corrected chi connectivity index (χ1v) is 9.56. The number of pyridine rings is 1. The van der Waals surface area contributed by atoms with E-state index in [-0.39, 0.29) is 12.1 Å². The predicted molar refractivity (Wildman–Crippen MR) is 97.7 cm³/mol. The molecular weight excluding hydrogens is 316 g/mol. The Bertz CT molecular complexity index is 531. The summed E-state index contributed by atoms with van der Waals surface area (Å²) in [5.41, 5.74) is 0. The molecule has 3 heterocycles. The van der Waals surface area contributed by atoms with Gasteiger partial charge in [-0.05, 0) is 56.9 Å². The normalized spacial score (nSPS) is 22.1. The minimum Gasteiger partial charge on any atom is -0.487 e. The maximum absolute atomic E-state index is 12.4. The number of likely N-dealkylation sites (tertiary alicyclic amines) is 2. The number of piperidine rings is 1. The van der Waals surface area contributed by atoms with Gasteiger partial charge in [-0.15, -0.1) is 0 Å². The van der Waals surface area contributed by atoms with E-state index >= 15 is 0 Å². The number of rotatable bonds is 6. The maximum Gasteiger partial charge on any atom is 0.317 e. The summed E-state index contributed by atoms with van der Waals surface area (Å²) in [5, 5.41) is 3.13. The molecule has 138 valence electrons. The molecule has 0 bridgehead atoms. The number of carbonyl (C=O) groups is 1. The molecule has 2 fully saturated rings. The highest BCUT2D eigenvalue weighted by molar-refractivity contribution is 5.74. The van der Waals surface area contributed by atoms with Gasteiger partial charge in [-0.3, -0.25) is 4.98 Å². The molecule has 6 nitrogen and oxygen atoms in total. The van der Waals surface area contributed by atoms with Gasteiger partial charge in [-0.25, -0.2) is 4.79 Å². The zero-order chi connectivity index (χ0) is 17.5. The van der Waals surface area contributed by atoms with Crippen LogP contribution in [0.1, 0.15) is 32.6 Å². The van der Waals surface area contributed by atoms with E-state index in [0.717, 1.165) is 25.3 Å². The summed E-state index contributed by atoms with van der Waals surface area (Å²) >= 11 is 0. The summed E-state index contributed by atoms with van der Waals surface area (Å²) in [4.78, 5) is 20.8. The topological polar surface area (TPSA) is 57.7 Å². The fourth-order valence-corrected chi connectivity index (χ4v) is 3.69. The molecule has 25 heavy (non-hydrogen) atoms. The summed E-state index contributed by atoms with van der Waals surface area (Å²) < 4.78 is 5.90. The van der Waals surface area contributed by atoms with Crippen LogP contribution in [-0.2, 0) is 0 Å². The molecule has 1 N–H and O–H groups in total. The van der Waals surface area contributed by atoms with Gasteiger partial charge in [0.15, 0.2) is 0 Å². The van der Waals surface area contributed by atoms with Crippen molar-refractivity contribution < 1.29 is 9.53 Å². The fourth-order valence-electron chi connectivity index (χ4n) is 3.69. The van der Waals surface area contributed by atoms with E-state index in [0.29, 0.717) is 12.5 Å². The van der Waals surface area contributed by atoms with Gasteiger partial charge in [0.2, 0.25) is 0 Å². The Labute approximate surface area is 150 Å². The Hall–Kier alpha value is -1.82. The number of hydrogen-bond donors (Lipinski definition) is 1. The molecule has 2 saturated heterocycles. The summed E-state index contributed by atoms with van der Waals surface area (Å²) in [5.74, 6) is 1.38. The zero-order valence-electron chi connectivity index (χ0n) is 15.2. The number of hydrogen-bond acceptors (Lipinski definition) is 4. The van der Waals surface area contributed by atoms with Gasteiger partial charge in [-0.2, -0.15) is 0 Å². The van der Waals surface area contributed by atoms with Crippen molar-refractivity contribution in [3.8, 4) is 5.75 Å². The first-order valence-electron chi connectivity index (χ1n) is 9.56. The molecule has 2 aliphatic heterocycles. The van der Waals surface area contributed by atoms with Crippen LogP contribution < -0.4 is 10.1 Å². The maximum atomic E-state index is 12.4. The molecule has 0 radical (unpaired) electrons. The summed E-state index contributed by atoms with van der Waals surface area (Å²) in [7, 11) is 0. The SMILES string of the molecule is CCCN1CCC(CNC(=O)N2CCC(Oc3cccnc3)C2)CC1. The van der Waals surface area contributed by atoms with Crippen LogP contribution in [0.5, 0.6) is 5.75 Å². The lowest BCUT2D eigenvalue weighted by molar-refractivity contribution is 0.171. The van der Waals surface area contributed by atoms with Gasteiger partial charge in [-0.1, -0.05) is 6.92 Å². The molecular formula is C19H30N4O2. The third-order valence-electron chi connectivity index (χ3n) is 5.16. The smallest absolute Gasteiger partial charge is 0.317 e. The molecule has 0 spiro atoms. The van der Waals surface area contributed by atoms with Crippen molar-refractivity contribution in [2.45, 2.75) is 38.7 Å². The van der Waals surface area contributed by atoms with E-state index < -0.39 is 0 Å². The Morgan fingerprint density at radius 2 is 2.16 bits per heavy atom. The lowest BCUT2D eigenvalue weighted by Crippen LogP contribution is -2.43. The molecule has 3 rings (SSSR count). The van der Waals surface area contributed by atoms with Crippen molar-refractivity contribution in [2.24, 2.45) is 5.92 Å². The Morgan fingerprint density at radius 1 is 1.32 bits per heavy atom. The molecule has 0 aliphatic carbocycles. The van der Waals surface area contributed by atoms with Crippen LogP contribution in [0.25, 0.3) is 0 Å². The first-order chi connectivity index (χ1) is 12.2. The number of nitrogens with zero attached hydrogens (tertiary/aromatic N) is 3. The Balaban J connectivity index is 1.35. The molecule has 1 unspecified atom stereocenters. The lowest BCUT2D eigenvalue weighted by atomic mass is 9.97. The number of nitrogens with one attached hydrogen (secondary N) is 1. The molecule has 1 atom stereocenters. The minimum absolute atomic E-state index is 0.0493. The second kappa shape index (κ2) is 9.04. The molecule has 6 heteroatoms. The lowest BCUT2D eigenvalue weighted by Gasteiger charge is -2.32. The second-order valence-corrected chi connectivity index (χ2v) is 7.13. The molecule has 0 saturated carbocycles. The molecule has 1 aromatic rings. The third-order valence-corrected chi connectivity index (χ3v) is 5.16. The summed E-state index contributed by atoms with van der Waals surface area (Å²) in [6, 6.07) is 3.81. The van der Waals surface area contributed by atoms with Gasteiger partial charge in [0, 0.05) is 25.7 Å². The number of ether oxygens (including phenoxy) is 1. The van der Waals surface area contributed by atoms with Crippen LogP contribution in [-0.4, -0.2) is 66.2 Å². The number of carbonyl (C=O) groups excluding carboxylic acids is 1. The van der Waals surface area contributed by atoms with Gasteiger partial charge >= 0.3 is 6.03 Å². The van der Waals surface area contributed by atoms with Crippen molar-refractivity contribution >= 4 is 6.03 Å². The monoisotopic (exact) mass is 346 g/mol. The summed E-state index contributed by atoms with van der Waals surface area (Å²) in [6.45, 7) is 7.96. The van der Waals surface area contributed by atoms with Crippen LogP contribution in [0.15, 0.2) is 24.5 Å². The highest BCUT2D eigenvalue weighted by atomic mass is 16.5. The van der Waals surface area contributed by atoms with Gasteiger partial charge in [0.25, 0.3) is 0 Å². The number of amides is 2. The van der Waals surface area contributed by atoms with Crippen molar-refractivity contribution in [1.29, 1.82) is 0 Å². The van der Waals surface area contributed by atoms with Crippen LogP contribution in [0.2, 0.25) is 0 Å². The van der Waals surface area contributed by atoms with Crippen molar-refractivity contribution in [3.05, 3.63) is 24.5 Å². The highest BCUT2D eigenvalue weighted by Gasteiger charge is 2.28. The van der Waals surface area contributed by atoms with E-state index in [2.05, 4.69) is 22.1 Å². The average molecular weight is 346 g/mol. The molecule has 2 aliphatic rings. The largest absolute Gasteiger partial charge is 0.487 e. The second-order valence-electron chi connectivity index (χ2n) is 7.13. The summed E-state index contributed by atoms with van der Waals surface area (Å²) in [6.07, 6.45) is 7.98. The van der Waals surface area contributed by atoms with Crippen molar-refractivity contribution in [3.63, 3.8) is 0 Å². The first kappa shape index (κ1) is 18.0. The van der Waals surface area contributed by atoms with Crippen LogP contribution >= 0.6 is 0 Å². The van der Waals surface area contributed by atoms with Crippen LogP contribution in [0.4, 0.5) is 4.79 Å². The van der Waals surface area contributed by atoms with E-state index in [1.807, 2.05) is 17.0 Å². The van der Waals surface area contributed by atoms with E-state index in [9.17, 15) is 4.79 Å². The quantitative estimate of drug-likeness (QED) is 0.859. The highest BCUT2D eigenvalue weighted by Crippen LogP contribution is 2.19. The van der Waals surface area contributed by atoms with E-state index in [4.69, 9.17) is 4.74 Å². The Morgan fingerprint density at radius 3 is 2.88 bits per heavy atom. The molecule has 0 aromatic carbocycles. The van der Waals surface area contributed by atoms with Crippen LogP contribution in [0.3, 0.4) is 0 Å². The average Bonchev–Trinajstić information content (AvgIpc) is 3.10. The molecule has 2 amide bonds. The number of urea groups is 1. The van der Waals surface area contributed by atoms with E-state index in [1.165, 1.54) is 38.9 Å². The van der Waals surface area contributed by atoms with Gasteiger partial charge in [0.1, 0.15) is 11.9 Å². The fraction of sp³-hybridized carbons (Fsp3) is 0.684. The standard InChI is InChI=1S/C19H30N4O2/c1-2-9-22-10-5-16(6-11-22)13-21-19(24)23-12-7-18(15-23)25-17-4-3-8-20-14-17/h3-4,8,14,16,18H,2,5-7,9-13,15H2,1H3,(H,21,24). The van der Waals surface area contributed by atoms with Gasteiger partial charge < -0.3 is 19.9 Å². The number of aromatic nitrogens is 1. The third kappa shape index (κ3) is 5.33. The van der Waals surface area contributed by atoms with Gasteiger partial charge in [0.05, 0.1) is 12.7 Å². The molecule has 1 aromatic heterocycles. The minimum atomic E-state index is 0.0493. The van der Waals surface area contributed by atoms with Crippen molar-refractivity contribution in [1.82, 2.24) is 20.1 Å². The Kier molecular flexibility index (Phi) is 6.50.